The van der Waals surface area contributed by atoms with Crippen LogP contribution in [0.3, 0.4) is 0 Å². The molecule has 1 heterocycles. The molecule has 3 aromatic carbocycles. The highest BCUT2D eigenvalue weighted by molar-refractivity contribution is 6.01. The SMILES string of the molecule is Cc1ccc(C(=O)C2OC2c2ccccc2CCCCCCCCc2ccccc2)cc1. The van der Waals surface area contributed by atoms with Gasteiger partial charge in [0.15, 0.2) is 11.9 Å². The molecule has 0 bridgehead atoms. The largest absolute Gasteiger partial charge is 0.356 e. The minimum atomic E-state index is -0.330. The molecule has 32 heavy (non-hydrogen) atoms. The fourth-order valence-corrected chi connectivity index (χ4v) is 4.47. The Labute approximate surface area is 192 Å². The van der Waals surface area contributed by atoms with Gasteiger partial charge in [-0.05, 0) is 49.3 Å². The second kappa shape index (κ2) is 11.2. The molecule has 1 saturated heterocycles. The highest BCUT2D eigenvalue weighted by atomic mass is 16.6. The van der Waals surface area contributed by atoms with Crippen LogP contribution in [0.2, 0.25) is 0 Å². The lowest BCUT2D eigenvalue weighted by atomic mass is 9.95. The van der Waals surface area contributed by atoms with Crippen LogP contribution < -0.4 is 0 Å². The Morgan fingerprint density at radius 2 is 1.34 bits per heavy atom. The van der Waals surface area contributed by atoms with Crippen LogP contribution in [0.1, 0.15) is 77.2 Å². The molecule has 2 unspecified atom stereocenters. The summed E-state index contributed by atoms with van der Waals surface area (Å²) in [5.74, 6) is 0.0975. The van der Waals surface area contributed by atoms with Crippen molar-refractivity contribution in [3.63, 3.8) is 0 Å². The van der Waals surface area contributed by atoms with Crippen molar-refractivity contribution in [2.45, 2.75) is 70.5 Å². The summed E-state index contributed by atoms with van der Waals surface area (Å²) in [6, 6.07) is 27.0. The number of Topliss-reactive ketones (excluding diaryl/α,β-unsaturated/α-hetero) is 1. The van der Waals surface area contributed by atoms with Crippen molar-refractivity contribution in [2.75, 3.05) is 0 Å². The fourth-order valence-electron chi connectivity index (χ4n) is 4.47. The van der Waals surface area contributed by atoms with Crippen LogP contribution in [0.5, 0.6) is 0 Å². The number of ketones is 1. The summed E-state index contributed by atoms with van der Waals surface area (Å²) >= 11 is 0. The molecule has 1 aliphatic rings. The molecule has 0 radical (unpaired) electrons. The van der Waals surface area contributed by atoms with Crippen molar-refractivity contribution in [3.05, 3.63) is 107 Å². The molecule has 0 amide bonds. The number of benzene rings is 3. The molecule has 0 saturated carbocycles. The van der Waals surface area contributed by atoms with Crippen LogP contribution >= 0.6 is 0 Å². The Bertz CT molecular complexity index is 991. The van der Waals surface area contributed by atoms with Gasteiger partial charge in [0.2, 0.25) is 0 Å². The number of ether oxygens (including phenoxy) is 1. The van der Waals surface area contributed by atoms with Crippen molar-refractivity contribution in [3.8, 4) is 0 Å². The summed E-state index contributed by atoms with van der Waals surface area (Å²) in [6.07, 6.45) is 9.49. The first-order chi connectivity index (χ1) is 15.7. The summed E-state index contributed by atoms with van der Waals surface area (Å²) < 4.78 is 5.85. The lowest BCUT2D eigenvalue weighted by Gasteiger charge is -2.08. The van der Waals surface area contributed by atoms with Crippen LogP contribution in [0.4, 0.5) is 0 Å². The van der Waals surface area contributed by atoms with E-state index in [4.69, 9.17) is 4.74 Å². The van der Waals surface area contributed by atoms with Gasteiger partial charge in [-0.3, -0.25) is 4.79 Å². The van der Waals surface area contributed by atoms with Crippen LogP contribution in [0, 0.1) is 6.92 Å². The van der Waals surface area contributed by atoms with Gasteiger partial charge in [-0.25, -0.2) is 0 Å². The molecule has 1 fully saturated rings. The Kier molecular flexibility index (Phi) is 7.90. The molecule has 0 spiro atoms. The molecule has 0 N–H and O–H groups in total. The quantitative estimate of drug-likeness (QED) is 0.171. The van der Waals surface area contributed by atoms with Gasteiger partial charge in [-0.15, -0.1) is 0 Å². The first-order valence-corrected chi connectivity index (χ1v) is 12.1. The van der Waals surface area contributed by atoms with Crippen LogP contribution in [0.25, 0.3) is 0 Å². The second-order valence-electron chi connectivity index (χ2n) is 9.01. The molecule has 3 aromatic rings. The van der Waals surface area contributed by atoms with Crippen LogP contribution in [-0.4, -0.2) is 11.9 Å². The predicted octanol–water partition coefficient (Wildman–Crippen LogP) is 7.44. The zero-order chi connectivity index (χ0) is 22.2. The van der Waals surface area contributed by atoms with E-state index in [1.807, 2.05) is 31.2 Å². The maximum absolute atomic E-state index is 12.8. The number of carbonyl (C=O) groups excluding carboxylic acids is 1. The normalized spacial score (nSPS) is 17.3. The van der Waals surface area contributed by atoms with Gasteiger partial charge in [0.05, 0.1) is 0 Å². The van der Waals surface area contributed by atoms with E-state index in [1.54, 1.807) is 0 Å². The number of hydrogen-bond acceptors (Lipinski definition) is 2. The van der Waals surface area contributed by atoms with E-state index in [1.165, 1.54) is 61.6 Å². The molecule has 4 rings (SSSR count). The summed E-state index contributed by atoms with van der Waals surface area (Å²) in [7, 11) is 0. The summed E-state index contributed by atoms with van der Waals surface area (Å²) in [5, 5.41) is 0. The third-order valence-corrected chi connectivity index (χ3v) is 6.45. The number of hydrogen-bond donors (Lipinski definition) is 0. The highest BCUT2D eigenvalue weighted by Crippen LogP contribution is 2.42. The van der Waals surface area contributed by atoms with Crippen molar-refractivity contribution >= 4 is 5.78 Å². The highest BCUT2D eigenvalue weighted by Gasteiger charge is 2.46. The minimum absolute atomic E-state index is 0.0852. The van der Waals surface area contributed by atoms with Crippen molar-refractivity contribution in [1.82, 2.24) is 0 Å². The fraction of sp³-hybridized carbons (Fsp3) is 0.367. The van der Waals surface area contributed by atoms with Gasteiger partial charge in [0.1, 0.15) is 6.10 Å². The molecule has 166 valence electrons. The third kappa shape index (κ3) is 6.17. The summed E-state index contributed by atoms with van der Waals surface area (Å²) in [4.78, 5) is 12.8. The lowest BCUT2D eigenvalue weighted by molar-refractivity contribution is 0.0953. The van der Waals surface area contributed by atoms with E-state index in [2.05, 4.69) is 54.6 Å². The maximum atomic E-state index is 12.8. The Morgan fingerprint density at radius 1 is 0.719 bits per heavy atom. The van der Waals surface area contributed by atoms with Gasteiger partial charge in [-0.1, -0.05) is 110 Å². The minimum Gasteiger partial charge on any atom is -0.356 e. The van der Waals surface area contributed by atoms with Gasteiger partial charge in [0, 0.05) is 5.56 Å². The first-order valence-electron chi connectivity index (χ1n) is 12.1. The van der Waals surface area contributed by atoms with E-state index in [0.29, 0.717) is 0 Å². The second-order valence-corrected chi connectivity index (χ2v) is 9.01. The average molecular weight is 427 g/mol. The van der Waals surface area contributed by atoms with Gasteiger partial charge in [0.25, 0.3) is 0 Å². The van der Waals surface area contributed by atoms with E-state index < -0.39 is 0 Å². The Morgan fingerprint density at radius 3 is 2.09 bits per heavy atom. The molecule has 0 aromatic heterocycles. The molecule has 1 aliphatic heterocycles. The average Bonchev–Trinajstić information content (AvgIpc) is 3.62. The molecular formula is C30H34O2. The van der Waals surface area contributed by atoms with Crippen molar-refractivity contribution in [2.24, 2.45) is 0 Å². The van der Waals surface area contributed by atoms with Crippen LogP contribution in [0.15, 0.2) is 78.9 Å². The first kappa shape index (κ1) is 22.5. The third-order valence-electron chi connectivity index (χ3n) is 6.45. The lowest BCUT2D eigenvalue weighted by Crippen LogP contribution is -2.08. The van der Waals surface area contributed by atoms with E-state index in [9.17, 15) is 4.79 Å². The topological polar surface area (TPSA) is 29.6 Å². The van der Waals surface area contributed by atoms with Gasteiger partial charge < -0.3 is 4.74 Å². The van der Waals surface area contributed by atoms with Crippen LogP contribution in [-0.2, 0) is 17.6 Å². The Balaban J connectivity index is 1.18. The van der Waals surface area contributed by atoms with Gasteiger partial charge >= 0.3 is 0 Å². The monoisotopic (exact) mass is 426 g/mol. The summed E-state index contributed by atoms with van der Waals surface area (Å²) in [5.41, 5.74) is 5.89. The smallest absolute Gasteiger partial charge is 0.194 e. The van der Waals surface area contributed by atoms with Crippen molar-refractivity contribution < 1.29 is 9.53 Å². The zero-order valence-corrected chi connectivity index (χ0v) is 19.1. The van der Waals surface area contributed by atoms with E-state index in [-0.39, 0.29) is 18.0 Å². The Hall–Kier alpha value is -2.71. The molecule has 0 aliphatic carbocycles. The molecule has 2 atom stereocenters. The summed E-state index contributed by atoms with van der Waals surface area (Å²) in [6.45, 7) is 2.03. The molecule has 2 heteroatoms. The standard InChI is InChI=1S/C30H34O2/c1-23-19-21-26(22-20-23)28(31)30-29(32-30)27-18-12-11-17-25(27)16-10-5-3-2-4-7-13-24-14-8-6-9-15-24/h6,8-9,11-12,14-15,17-22,29-30H,2-5,7,10,13,16H2,1H3. The number of aryl methyl sites for hydroxylation is 3. The molecule has 2 nitrogen and oxygen atoms in total. The van der Waals surface area contributed by atoms with Gasteiger partial charge in [-0.2, -0.15) is 0 Å². The number of carbonyl (C=O) groups is 1. The maximum Gasteiger partial charge on any atom is 0.194 e. The number of rotatable bonds is 12. The zero-order valence-electron chi connectivity index (χ0n) is 19.1. The van der Waals surface area contributed by atoms with Crippen molar-refractivity contribution in [1.29, 1.82) is 0 Å². The van der Waals surface area contributed by atoms with E-state index >= 15 is 0 Å². The number of unbranched alkanes of at least 4 members (excludes halogenated alkanes) is 5. The predicted molar refractivity (Wildman–Crippen MR) is 131 cm³/mol. The number of epoxide rings is 1. The van der Waals surface area contributed by atoms with E-state index in [0.717, 1.165) is 17.5 Å². The molecular weight excluding hydrogens is 392 g/mol.